The van der Waals surface area contributed by atoms with Gasteiger partial charge < -0.3 is 0 Å². The first kappa shape index (κ1) is 12.6. The van der Waals surface area contributed by atoms with E-state index in [-0.39, 0.29) is 0 Å². The standard InChI is InChI=1S/C14H8Cl2N2S/c15-11-3-1-2-10(14(11)16)13-5-4-12(17-18-13)9-6-7-19-8-9/h1-8H. The fraction of sp³-hybridized carbons (Fsp3) is 0. The molecule has 1 aromatic carbocycles. The Hall–Kier alpha value is -1.42. The van der Waals surface area contributed by atoms with E-state index in [9.17, 15) is 0 Å². The SMILES string of the molecule is Clc1cccc(-c2ccc(-c3ccsc3)nn2)c1Cl. The molecular weight excluding hydrogens is 299 g/mol. The fourth-order valence-corrected chi connectivity index (χ4v) is 2.79. The van der Waals surface area contributed by atoms with E-state index in [2.05, 4.69) is 10.2 Å². The number of nitrogens with zero attached hydrogens (tertiary/aromatic N) is 2. The van der Waals surface area contributed by atoms with Crippen LogP contribution in [0.15, 0.2) is 47.2 Å². The topological polar surface area (TPSA) is 25.8 Å². The van der Waals surface area contributed by atoms with E-state index in [1.165, 1.54) is 0 Å². The van der Waals surface area contributed by atoms with Crippen molar-refractivity contribution < 1.29 is 0 Å². The van der Waals surface area contributed by atoms with Crippen LogP contribution in [0.5, 0.6) is 0 Å². The highest BCUT2D eigenvalue weighted by Crippen LogP contribution is 2.32. The lowest BCUT2D eigenvalue weighted by atomic mass is 10.1. The molecule has 0 aliphatic rings. The van der Waals surface area contributed by atoms with Crippen molar-refractivity contribution in [1.29, 1.82) is 0 Å². The summed E-state index contributed by atoms with van der Waals surface area (Å²) in [6.07, 6.45) is 0. The maximum atomic E-state index is 6.17. The van der Waals surface area contributed by atoms with Gasteiger partial charge in [-0.2, -0.15) is 11.3 Å². The predicted octanol–water partition coefficient (Wildman–Crippen LogP) is 5.18. The average molecular weight is 307 g/mol. The van der Waals surface area contributed by atoms with Crippen LogP contribution in [0.2, 0.25) is 10.0 Å². The van der Waals surface area contributed by atoms with Gasteiger partial charge in [0.05, 0.1) is 21.4 Å². The fourth-order valence-electron chi connectivity index (χ4n) is 1.74. The monoisotopic (exact) mass is 306 g/mol. The summed E-state index contributed by atoms with van der Waals surface area (Å²) in [4.78, 5) is 0. The van der Waals surface area contributed by atoms with Crippen molar-refractivity contribution in [2.75, 3.05) is 0 Å². The molecule has 94 valence electrons. The zero-order valence-corrected chi connectivity index (χ0v) is 12.0. The maximum absolute atomic E-state index is 6.17. The lowest BCUT2D eigenvalue weighted by Gasteiger charge is -2.05. The summed E-state index contributed by atoms with van der Waals surface area (Å²) < 4.78 is 0. The van der Waals surface area contributed by atoms with Crippen molar-refractivity contribution in [2.24, 2.45) is 0 Å². The van der Waals surface area contributed by atoms with E-state index in [0.29, 0.717) is 15.7 Å². The van der Waals surface area contributed by atoms with E-state index in [1.54, 1.807) is 17.4 Å². The van der Waals surface area contributed by atoms with Gasteiger partial charge in [0.1, 0.15) is 0 Å². The summed E-state index contributed by atoms with van der Waals surface area (Å²) in [5, 5.41) is 13.5. The predicted molar refractivity (Wildman–Crippen MR) is 80.8 cm³/mol. The van der Waals surface area contributed by atoms with Gasteiger partial charge in [-0.3, -0.25) is 0 Å². The van der Waals surface area contributed by atoms with Gasteiger partial charge in [0.15, 0.2) is 0 Å². The van der Waals surface area contributed by atoms with E-state index in [1.807, 2.05) is 41.1 Å². The van der Waals surface area contributed by atoms with Crippen molar-refractivity contribution in [3.05, 3.63) is 57.2 Å². The summed E-state index contributed by atoms with van der Waals surface area (Å²) in [6.45, 7) is 0. The first-order valence-corrected chi connectivity index (χ1v) is 7.26. The van der Waals surface area contributed by atoms with Crippen LogP contribution in [-0.4, -0.2) is 10.2 Å². The van der Waals surface area contributed by atoms with Crippen molar-refractivity contribution >= 4 is 34.5 Å². The Labute approximate surface area is 124 Å². The van der Waals surface area contributed by atoms with Gasteiger partial charge in [0.25, 0.3) is 0 Å². The molecule has 0 saturated carbocycles. The molecule has 0 saturated heterocycles. The third-order valence-electron chi connectivity index (χ3n) is 2.71. The van der Waals surface area contributed by atoms with Crippen LogP contribution in [0.25, 0.3) is 22.5 Å². The van der Waals surface area contributed by atoms with E-state index in [4.69, 9.17) is 23.2 Å². The lowest BCUT2D eigenvalue weighted by molar-refractivity contribution is 1.05. The second-order valence-corrected chi connectivity index (χ2v) is 5.48. The minimum Gasteiger partial charge on any atom is -0.152 e. The second-order valence-electron chi connectivity index (χ2n) is 3.92. The molecule has 5 heteroatoms. The Morgan fingerprint density at radius 1 is 0.895 bits per heavy atom. The third-order valence-corrected chi connectivity index (χ3v) is 4.21. The van der Waals surface area contributed by atoms with E-state index >= 15 is 0 Å². The zero-order chi connectivity index (χ0) is 13.2. The zero-order valence-electron chi connectivity index (χ0n) is 9.68. The molecule has 0 bridgehead atoms. The largest absolute Gasteiger partial charge is 0.152 e. The van der Waals surface area contributed by atoms with Crippen LogP contribution >= 0.6 is 34.5 Å². The maximum Gasteiger partial charge on any atom is 0.0945 e. The van der Waals surface area contributed by atoms with Gasteiger partial charge in [-0.1, -0.05) is 35.3 Å². The molecule has 0 fully saturated rings. The smallest absolute Gasteiger partial charge is 0.0945 e. The number of thiophene rings is 1. The van der Waals surface area contributed by atoms with Crippen LogP contribution in [0, 0.1) is 0 Å². The molecule has 2 aromatic heterocycles. The summed E-state index contributed by atoms with van der Waals surface area (Å²) in [7, 11) is 0. The van der Waals surface area contributed by atoms with Gasteiger partial charge in [-0.25, -0.2) is 0 Å². The van der Waals surface area contributed by atoms with Gasteiger partial charge >= 0.3 is 0 Å². The second kappa shape index (κ2) is 5.29. The molecule has 3 aromatic rings. The van der Waals surface area contributed by atoms with Crippen LogP contribution < -0.4 is 0 Å². The Balaban J connectivity index is 2.01. The summed E-state index contributed by atoms with van der Waals surface area (Å²) in [6, 6.07) is 11.3. The van der Waals surface area contributed by atoms with Crippen molar-refractivity contribution in [1.82, 2.24) is 10.2 Å². The summed E-state index contributed by atoms with van der Waals surface area (Å²) >= 11 is 13.8. The molecular formula is C14H8Cl2N2S. The molecule has 2 heterocycles. The number of aromatic nitrogens is 2. The van der Waals surface area contributed by atoms with Crippen LogP contribution in [0.1, 0.15) is 0 Å². The van der Waals surface area contributed by atoms with Crippen LogP contribution in [0.4, 0.5) is 0 Å². The molecule has 0 atom stereocenters. The highest BCUT2D eigenvalue weighted by molar-refractivity contribution is 7.08. The van der Waals surface area contributed by atoms with E-state index in [0.717, 1.165) is 16.8 Å². The summed E-state index contributed by atoms with van der Waals surface area (Å²) in [5.41, 5.74) is 3.43. The highest BCUT2D eigenvalue weighted by atomic mass is 35.5. The van der Waals surface area contributed by atoms with Crippen molar-refractivity contribution in [3.8, 4) is 22.5 Å². The van der Waals surface area contributed by atoms with Crippen LogP contribution in [-0.2, 0) is 0 Å². The van der Waals surface area contributed by atoms with Gasteiger partial charge in [0.2, 0.25) is 0 Å². The minimum atomic E-state index is 0.502. The van der Waals surface area contributed by atoms with Crippen molar-refractivity contribution in [2.45, 2.75) is 0 Å². The number of halogens is 2. The average Bonchev–Trinajstić information content (AvgIpc) is 2.96. The Bertz CT molecular complexity index is 694. The first-order valence-electron chi connectivity index (χ1n) is 5.56. The molecule has 0 unspecified atom stereocenters. The normalized spacial score (nSPS) is 10.6. The van der Waals surface area contributed by atoms with Gasteiger partial charge in [-0.05, 0) is 29.6 Å². The quantitative estimate of drug-likeness (QED) is 0.652. The Morgan fingerprint density at radius 2 is 1.68 bits per heavy atom. The molecule has 0 N–H and O–H groups in total. The molecule has 0 aliphatic heterocycles. The molecule has 3 rings (SSSR count). The molecule has 0 radical (unpaired) electrons. The number of hydrogen-bond acceptors (Lipinski definition) is 3. The molecule has 2 nitrogen and oxygen atoms in total. The van der Waals surface area contributed by atoms with Crippen molar-refractivity contribution in [3.63, 3.8) is 0 Å². The van der Waals surface area contributed by atoms with Gasteiger partial charge in [-0.15, -0.1) is 10.2 Å². The Morgan fingerprint density at radius 3 is 2.37 bits per heavy atom. The summed E-state index contributed by atoms with van der Waals surface area (Å²) in [5.74, 6) is 0. The molecule has 0 amide bonds. The minimum absolute atomic E-state index is 0.502. The highest BCUT2D eigenvalue weighted by Gasteiger charge is 2.09. The van der Waals surface area contributed by atoms with Gasteiger partial charge in [0, 0.05) is 16.5 Å². The number of hydrogen-bond donors (Lipinski definition) is 0. The first-order chi connectivity index (χ1) is 9.25. The number of benzene rings is 1. The third kappa shape index (κ3) is 2.50. The lowest BCUT2D eigenvalue weighted by Crippen LogP contribution is -1.90. The van der Waals surface area contributed by atoms with Crippen LogP contribution in [0.3, 0.4) is 0 Å². The van der Waals surface area contributed by atoms with E-state index < -0.39 is 0 Å². The Kier molecular flexibility index (Phi) is 3.51. The molecule has 19 heavy (non-hydrogen) atoms. The molecule has 0 spiro atoms. The molecule has 0 aliphatic carbocycles. The number of rotatable bonds is 2.